The molecule has 2 aliphatic rings. The lowest BCUT2D eigenvalue weighted by atomic mass is 9.93. The molecule has 0 spiro atoms. The molecule has 0 saturated carbocycles. The number of hydrogen-bond acceptors (Lipinski definition) is 2. The third kappa shape index (κ3) is 1.78. The van der Waals surface area contributed by atoms with E-state index >= 15 is 0 Å². The Morgan fingerprint density at radius 3 is 2.89 bits per heavy atom. The van der Waals surface area contributed by atoms with Gasteiger partial charge in [0.25, 0.3) is 0 Å². The molecule has 1 aromatic carbocycles. The van der Waals surface area contributed by atoms with Crippen molar-refractivity contribution in [2.45, 2.75) is 25.7 Å². The van der Waals surface area contributed by atoms with Gasteiger partial charge in [-0.25, -0.2) is 0 Å². The molecule has 3 rings (SSSR count). The number of carbonyl (C=O) groups excluding carboxylic acids is 1. The Balaban J connectivity index is 2.00. The van der Waals surface area contributed by atoms with Crippen LogP contribution in [-0.4, -0.2) is 12.6 Å². The molecule has 0 aromatic heterocycles. The summed E-state index contributed by atoms with van der Waals surface area (Å²) in [5.41, 5.74) is 5.27. The molecule has 2 nitrogen and oxygen atoms in total. The smallest absolute Gasteiger partial charge is 0.302 e. The number of hydrogen-bond donors (Lipinski definition) is 0. The molecule has 0 aliphatic heterocycles. The summed E-state index contributed by atoms with van der Waals surface area (Å²) in [4.78, 5) is 11.0. The molecule has 0 bridgehead atoms. The minimum Gasteiger partial charge on any atom is -0.465 e. The molecule has 0 radical (unpaired) electrons. The first-order valence-electron chi connectivity index (χ1n) is 6.40. The molecule has 0 saturated heterocycles. The van der Waals surface area contributed by atoms with Crippen LogP contribution in [0.1, 0.15) is 36.8 Å². The van der Waals surface area contributed by atoms with Gasteiger partial charge in [-0.15, -0.1) is 0 Å². The van der Waals surface area contributed by atoms with Crippen LogP contribution in [0.15, 0.2) is 42.0 Å². The molecule has 1 atom stereocenters. The Labute approximate surface area is 107 Å². The van der Waals surface area contributed by atoms with Gasteiger partial charge in [-0.1, -0.05) is 36.4 Å². The van der Waals surface area contributed by atoms with E-state index in [9.17, 15) is 4.79 Å². The van der Waals surface area contributed by atoms with Gasteiger partial charge in [-0.3, -0.25) is 4.79 Å². The summed E-state index contributed by atoms with van der Waals surface area (Å²) in [6, 6.07) is 8.43. The van der Waals surface area contributed by atoms with Gasteiger partial charge in [0.05, 0.1) is 0 Å². The lowest BCUT2D eigenvalue weighted by Gasteiger charge is -2.15. The second-order valence-corrected chi connectivity index (χ2v) is 4.80. The number of ether oxygens (including phenoxy) is 1. The maximum absolute atomic E-state index is 11.0. The average Bonchev–Trinajstić information content (AvgIpc) is 2.71. The molecular weight excluding hydrogens is 224 g/mol. The topological polar surface area (TPSA) is 26.3 Å². The molecule has 0 N–H and O–H groups in total. The van der Waals surface area contributed by atoms with Gasteiger partial charge in [0, 0.05) is 12.8 Å². The monoisotopic (exact) mass is 240 g/mol. The standard InChI is InChI=1S/C16H16O2/c1-11(17)18-10-16-14-8-4-2-6-12(14)13-7-3-5-9-15(13)16/h2,4,6-9,16H,3,5,10H2,1H3. The summed E-state index contributed by atoms with van der Waals surface area (Å²) in [6.45, 7) is 1.92. The van der Waals surface area contributed by atoms with Gasteiger partial charge in [0.2, 0.25) is 0 Å². The molecule has 0 fully saturated rings. The van der Waals surface area contributed by atoms with E-state index in [4.69, 9.17) is 4.74 Å². The van der Waals surface area contributed by atoms with Crippen molar-refractivity contribution in [1.29, 1.82) is 0 Å². The lowest BCUT2D eigenvalue weighted by Crippen LogP contribution is -2.10. The fourth-order valence-electron chi connectivity index (χ4n) is 2.88. The number of allylic oxidation sites excluding steroid dienone is 3. The van der Waals surface area contributed by atoms with E-state index in [2.05, 4.69) is 36.4 Å². The number of rotatable bonds is 2. The Bertz CT molecular complexity index is 552. The highest BCUT2D eigenvalue weighted by Crippen LogP contribution is 2.47. The number of benzene rings is 1. The van der Waals surface area contributed by atoms with Crippen molar-refractivity contribution in [2.24, 2.45) is 0 Å². The lowest BCUT2D eigenvalue weighted by molar-refractivity contribution is -0.141. The fourth-order valence-corrected chi connectivity index (χ4v) is 2.88. The Morgan fingerprint density at radius 2 is 2.06 bits per heavy atom. The van der Waals surface area contributed by atoms with Crippen LogP contribution in [0, 0.1) is 0 Å². The first-order valence-corrected chi connectivity index (χ1v) is 6.40. The summed E-state index contributed by atoms with van der Waals surface area (Å²) in [6.07, 6.45) is 6.79. The van der Waals surface area contributed by atoms with E-state index in [1.807, 2.05) is 0 Å². The minimum absolute atomic E-state index is 0.207. The highest BCUT2D eigenvalue weighted by molar-refractivity contribution is 5.88. The van der Waals surface area contributed by atoms with Crippen molar-refractivity contribution in [3.05, 3.63) is 53.1 Å². The van der Waals surface area contributed by atoms with Gasteiger partial charge in [-0.05, 0) is 35.1 Å². The zero-order valence-electron chi connectivity index (χ0n) is 10.5. The molecule has 2 heteroatoms. The molecule has 0 heterocycles. The first kappa shape index (κ1) is 11.3. The van der Waals surface area contributed by atoms with Crippen LogP contribution >= 0.6 is 0 Å². The quantitative estimate of drug-likeness (QED) is 0.740. The van der Waals surface area contributed by atoms with Crippen LogP contribution < -0.4 is 0 Å². The molecular formula is C16H16O2. The van der Waals surface area contributed by atoms with Crippen molar-refractivity contribution < 1.29 is 9.53 Å². The van der Waals surface area contributed by atoms with Crippen molar-refractivity contribution in [2.75, 3.05) is 6.61 Å². The average molecular weight is 240 g/mol. The number of carbonyl (C=O) groups is 1. The van der Waals surface area contributed by atoms with Gasteiger partial charge in [0.1, 0.15) is 6.61 Å². The van der Waals surface area contributed by atoms with Gasteiger partial charge >= 0.3 is 5.97 Å². The van der Waals surface area contributed by atoms with Crippen LogP contribution in [-0.2, 0) is 9.53 Å². The summed E-state index contributed by atoms with van der Waals surface area (Å²) in [5, 5.41) is 0. The predicted octanol–water partition coefficient (Wildman–Crippen LogP) is 3.45. The van der Waals surface area contributed by atoms with E-state index in [-0.39, 0.29) is 11.9 Å². The molecule has 1 unspecified atom stereocenters. The summed E-state index contributed by atoms with van der Waals surface area (Å²) >= 11 is 0. The van der Waals surface area contributed by atoms with Crippen molar-refractivity contribution >= 4 is 11.5 Å². The normalized spacial score (nSPS) is 20.6. The van der Waals surface area contributed by atoms with E-state index in [0.717, 1.165) is 12.8 Å². The van der Waals surface area contributed by atoms with Crippen LogP contribution in [0.4, 0.5) is 0 Å². The largest absolute Gasteiger partial charge is 0.465 e. The molecule has 2 aliphatic carbocycles. The molecule has 1 aromatic rings. The van der Waals surface area contributed by atoms with Crippen LogP contribution in [0.25, 0.3) is 5.57 Å². The first-order chi connectivity index (χ1) is 8.77. The molecule has 18 heavy (non-hydrogen) atoms. The van der Waals surface area contributed by atoms with Gasteiger partial charge in [-0.2, -0.15) is 0 Å². The molecule has 92 valence electrons. The minimum atomic E-state index is -0.207. The van der Waals surface area contributed by atoms with E-state index in [1.54, 1.807) is 0 Å². The van der Waals surface area contributed by atoms with Crippen molar-refractivity contribution in [3.63, 3.8) is 0 Å². The third-order valence-corrected chi connectivity index (χ3v) is 3.65. The number of esters is 1. The zero-order valence-corrected chi connectivity index (χ0v) is 10.5. The maximum Gasteiger partial charge on any atom is 0.302 e. The summed E-state index contributed by atoms with van der Waals surface area (Å²) in [5.74, 6) is 0.0120. The zero-order chi connectivity index (χ0) is 12.5. The van der Waals surface area contributed by atoms with Crippen LogP contribution in [0.5, 0.6) is 0 Å². The van der Waals surface area contributed by atoms with Crippen LogP contribution in [0.2, 0.25) is 0 Å². The Morgan fingerprint density at radius 1 is 1.28 bits per heavy atom. The van der Waals surface area contributed by atoms with Crippen molar-refractivity contribution in [1.82, 2.24) is 0 Å². The highest BCUT2D eigenvalue weighted by atomic mass is 16.5. The number of fused-ring (bicyclic) bond motifs is 3. The third-order valence-electron chi connectivity index (χ3n) is 3.65. The Hall–Kier alpha value is -1.83. The van der Waals surface area contributed by atoms with Gasteiger partial charge in [0.15, 0.2) is 0 Å². The van der Waals surface area contributed by atoms with E-state index in [0.29, 0.717) is 6.61 Å². The Kier molecular flexibility index (Phi) is 2.78. The van der Waals surface area contributed by atoms with Crippen LogP contribution in [0.3, 0.4) is 0 Å². The molecule has 0 amide bonds. The highest BCUT2D eigenvalue weighted by Gasteiger charge is 2.32. The summed E-state index contributed by atoms with van der Waals surface area (Å²) in [7, 11) is 0. The van der Waals surface area contributed by atoms with Gasteiger partial charge < -0.3 is 4.74 Å². The summed E-state index contributed by atoms with van der Waals surface area (Å²) < 4.78 is 5.22. The second-order valence-electron chi connectivity index (χ2n) is 4.80. The predicted molar refractivity (Wildman–Crippen MR) is 71.1 cm³/mol. The second kappa shape index (κ2) is 4.45. The fraction of sp³-hybridized carbons (Fsp3) is 0.312. The van der Waals surface area contributed by atoms with E-state index < -0.39 is 0 Å². The maximum atomic E-state index is 11.0. The van der Waals surface area contributed by atoms with Crippen molar-refractivity contribution in [3.8, 4) is 0 Å². The van der Waals surface area contributed by atoms with E-state index in [1.165, 1.54) is 29.2 Å². The SMILES string of the molecule is CC(=O)OCC1C2=CCCC=C2c2ccccc21.